The number of carbonyl (C=O) groups excluding carboxylic acids is 2. The lowest BCUT2D eigenvalue weighted by molar-refractivity contribution is -0.266. The van der Waals surface area contributed by atoms with Gasteiger partial charge in [-0.3, -0.25) is 9.10 Å². The summed E-state index contributed by atoms with van der Waals surface area (Å²) >= 11 is 5.98. The SMILES string of the molecule is CC(C)(C)OC(=O)C(N(S)C=O)C(O)(CBr)C(F)(F)F. The van der Waals surface area contributed by atoms with Gasteiger partial charge in [-0.1, -0.05) is 28.7 Å². The maximum atomic E-state index is 13.0. The van der Waals surface area contributed by atoms with Crippen LogP contribution in [0.1, 0.15) is 20.8 Å². The number of rotatable bonds is 5. The van der Waals surface area contributed by atoms with Crippen LogP contribution < -0.4 is 0 Å². The maximum absolute atomic E-state index is 13.0. The zero-order chi connectivity index (χ0) is 16.4. The standard InChI is InChI=1S/C10H15BrF3NO4S/c1-8(2,3)19-7(17)6(15(20)5-16)9(18,4-11)10(12,13)14/h5-6,18,20H,4H2,1-3H3. The Morgan fingerprint density at radius 2 is 1.90 bits per heavy atom. The number of thiol groups is 1. The third-order valence-corrected chi connectivity index (χ3v) is 3.33. The normalized spacial score (nSPS) is 17.1. The predicted molar refractivity (Wildman–Crippen MR) is 71.3 cm³/mol. The van der Waals surface area contributed by atoms with Gasteiger partial charge < -0.3 is 9.84 Å². The fourth-order valence-electron chi connectivity index (χ4n) is 1.24. The zero-order valence-corrected chi connectivity index (χ0v) is 13.4. The van der Waals surface area contributed by atoms with Gasteiger partial charge in [0.15, 0.2) is 6.04 Å². The molecule has 0 aliphatic rings. The molecular formula is C10H15BrF3NO4S. The first-order valence-electron chi connectivity index (χ1n) is 5.30. The van der Waals surface area contributed by atoms with Crippen molar-refractivity contribution in [3.05, 3.63) is 0 Å². The van der Waals surface area contributed by atoms with E-state index >= 15 is 0 Å². The van der Waals surface area contributed by atoms with Gasteiger partial charge in [-0.2, -0.15) is 13.2 Å². The molecule has 0 saturated heterocycles. The molecule has 118 valence electrons. The van der Waals surface area contributed by atoms with Crippen LogP contribution in [0.3, 0.4) is 0 Å². The van der Waals surface area contributed by atoms with Crippen molar-refractivity contribution in [1.29, 1.82) is 0 Å². The average Bonchev–Trinajstić information content (AvgIpc) is 2.24. The summed E-state index contributed by atoms with van der Waals surface area (Å²) in [6.07, 6.45) is -5.29. The Morgan fingerprint density at radius 3 is 2.15 bits per heavy atom. The number of ether oxygens (including phenoxy) is 1. The Kier molecular flexibility index (Phi) is 6.37. The van der Waals surface area contributed by atoms with E-state index in [9.17, 15) is 27.9 Å². The second kappa shape index (κ2) is 6.52. The summed E-state index contributed by atoms with van der Waals surface area (Å²) < 4.78 is 43.9. The van der Waals surface area contributed by atoms with Crippen molar-refractivity contribution in [3.8, 4) is 0 Å². The Hall–Kier alpha value is -0.480. The van der Waals surface area contributed by atoms with Crippen LogP contribution in [0.25, 0.3) is 0 Å². The predicted octanol–water partition coefficient (Wildman–Crippen LogP) is 1.69. The first-order valence-corrected chi connectivity index (χ1v) is 6.82. The van der Waals surface area contributed by atoms with Crippen LogP contribution in [-0.4, -0.2) is 50.5 Å². The number of alkyl halides is 4. The fraction of sp³-hybridized carbons (Fsp3) is 0.800. The first kappa shape index (κ1) is 19.5. The van der Waals surface area contributed by atoms with E-state index in [1.54, 1.807) is 0 Å². The minimum Gasteiger partial charge on any atom is -0.458 e. The molecule has 0 spiro atoms. The smallest absolute Gasteiger partial charge is 0.420 e. The average molecular weight is 382 g/mol. The minimum absolute atomic E-state index is 0.114. The van der Waals surface area contributed by atoms with Crippen molar-refractivity contribution < 1.29 is 32.6 Å². The Balaban J connectivity index is 5.68. The van der Waals surface area contributed by atoms with Crippen LogP contribution in [0.15, 0.2) is 0 Å². The summed E-state index contributed by atoms with van der Waals surface area (Å²) in [5.74, 6) is -1.42. The van der Waals surface area contributed by atoms with Crippen LogP contribution in [0, 0.1) is 0 Å². The zero-order valence-electron chi connectivity index (χ0n) is 10.9. The van der Waals surface area contributed by atoms with E-state index in [0.717, 1.165) is 0 Å². The van der Waals surface area contributed by atoms with Crippen LogP contribution in [-0.2, 0) is 14.3 Å². The maximum Gasteiger partial charge on any atom is 0.420 e. The van der Waals surface area contributed by atoms with Crippen LogP contribution in [0.5, 0.6) is 0 Å². The summed E-state index contributed by atoms with van der Waals surface area (Å²) in [5.41, 5.74) is -4.62. The highest BCUT2D eigenvalue weighted by molar-refractivity contribution is 9.09. The third kappa shape index (κ3) is 4.52. The molecule has 0 aliphatic carbocycles. The number of amides is 1. The first-order chi connectivity index (χ1) is 8.80. The van der Waals surface area contributed by atoms with Crippen LogP contribution in [0.2, 0.25) is 0 Å². The topological polar surface area (TPSA) is 66.8 Å². The van der Waals surface area contributed by atoms with E-state index in [1.165, 1.54) is 20.8 Å². The Labute approximate surface area is 128 Å². The van der Waals surface area contributed by atoms with Gasteiger partial charge in [-0.15, -0.1) is 0 Å². The lowest BCUT2D eigenvalue weighted by atomic mass is 9.95. The molecule has 0 heterocycles. The minimum atomic E-state index is -5.18. The molecule has 0 radical (unpaired) electrons. The molecule has 0 aromatic carbocycles. The number of halogens is 4. The molecule has 1 N–H and O–H groups in total. The quantitative estimate of drug-likeness (QED) is 0.329. The molecule has 0 aromatic rings. The molecule has 0 aliphatic heterocycles. The highest BCUT2D eigenvalue weighted by Crippen LogP contribution is 2.38. The van der Waals surface area contributed by atoms with Gasteiger partial charge in [-0.05, 0) is 20.8 Å². The van der Waals surface area contributed by atoms with Gasteiger partial charge in [0.05, 0.1) is 0 Å². The van der Waals surface area contributed by atoms with E-state index in [1.807, 2.05) is 0 Å². The number of hydrogen-bond donors (Lipinski definition) is 2. The lowest BCUT2D eigenvalue weighted by Crippen LogP contribution is -2.64. The highest BCUT2D eigenvalue weighted by Gasteiger charge is 2.63. The summed E-state index contributed by atoms with van der Waals surface area (Å²) in [6.45, 7) is 4.31. The molecule has 1 amide bonds. The van der Waals surface area contributed by atoms with Crippen LogP contribution >= 0.6 is 28.7 Å². The van der Waals surface area contributed by atoms with Crippen molar-refractivity contribution in [2.45, 2.75) is 44.2 Å². The summed E-state index contributed by atoms with van der Waals surface area (Å²) in [7, 11) is 0. The van der Waals surface area contributed by atoms with E-state index in [4.69, 9.17) is 4.74 Å². The van der Waals surface area contributed by atoms with Gasteiger partial charge in [-0.25, -0.2) is 4.79 Å². The molecule has 20 heavy (non-hydrogen) atoms. The summed E-state index contributed by atoms with van der Waals surface area (Å²) in [5, 5.41) is 8.73. The number of aliphatic hydroxyl groups is 1. The molecule has 2 unspecified atom stereocenters. The fourth-order valence-corrected chi connectivity index (χ4v) is 2.15. The molecule has 0 rings (SSSR count). The van der Waals surface area contributed by atoms with E-state index in [-0.39, 0.29) is 10.7 Å². The highest BCUT2D eigenvalue weighted by atomic mass is 79.9. The molecule has 0 fully saturated rings. The van der Waals surface area contributed by atoms with Gasteiger partial charge in [0, 0.05) is 5.33 Å². The van der Waals surface area contributed by atoms with Gasteiger partial charge in [0.1, 0.15) is 5.60 Å². The Bertz CT molecular complexity index is 374. The largest absolute Gasteiger partial charge is 0.458 e. The Morgan fingerprint density at radius 1 is 1.45 bits per heavy atom. The van der Waals surface area contributed by atoms with Gasteiger partial charge in [0.2, 0.25) is 12.0 Å². The molecular weight excluding hydrogens is 367 g/mol. The van der Waals surface area contributed by atoms with E-state index < -0.39 is 34.7 Å². The third-order valence-electron chi connectivity index (χ3n) is 2.15. The molecule has 2 atom stereocenters. The number of hydrogen-bond acceptors (Lipinski definition) is 5. The van der Waals surface area contributed by atoms with Crippen molar-refractivity contribution >= 4 is 41.1 Å². The summed E-state index contributed by atoms with van der Waals surface area (Å²) in [6, 6.07) is -2.35. The van der Waals surface area contributed by atoms with Crippen molar-refractivity contribution in [1.82, 2.24) is 4.31 Å². The second-order valence-corrected chi connectivity index (χ2v) is 6.00. The molecule has 0 bridgehead atoms. The van der Waals surface area contributed by atoms with E-state index in [2.05, 4.69) is 28.7 Å². The number of nitrogens with zero attached hydrogens (tertiary/aromatic N) is 1. The molecule has 5 nitrogen and oxygen atoms in total. The number of carbonyl (C=O) groups is 2. The van der Waals surface area contributed by atoms with Gasteiger partial charge >= 0.3 is 12.1 Å². The monoisotopic (exact) mass is 381 g/mol. The second-order valence-electron chi connectivity index (χ2n) is 4.98. The molecule has 0 aromatic heterocycles. The number of esters is 1. The molecule has 0 saturated carbocycles. The van der Waals surface area contributed by atoms with E-state index in [0.29, 0.717) is 0 Å². The summed E-state index contributed by atoms with van der Waals surface area (Å²) in [4.78, 5) is 22.5. The van der Waals surface area contributed by atoms with Gasteiger partial charge in [0.25, 0.3) is 0 Å². The van der Waals surface area contributed by atoms with Crippen molar-refractivity contribution in [2.24, 2.45) is 0 Å². The molecule has 10 heteroatoms. The van der Waals surface area contributed by atoms with Crippen molar-refractivity contribution in [3.63, 3.8) is 0 Å². The lowest BCUT2D eigenvalue weighted by Gasteiger charge is -2.38. The van der Waals surface area contributed by atoms with Crippen molar-refractivity contribution in [2.75, 3.05) is 5.33 Å². The van der Waals surface area contributed by atoms with Crippen LogP contribution in [0.4, 0.5) is 13.2 Å².